The van der Waals surface area contributed by atoms with Gasteiger partial charge in [-0.2, -0.15) is 0 Å². The Morgan fingerprint density at radius 1 is 0.818 bits per heavy atom. The van der Waals surface area contributed by atoms with Crippen molar-refractivity contribution in [3.05, 3.63) is 47.6 Å². The predicted octanol–water partition coefficient (Wildman–Crippen LogP) is 1.84. The second kappa shape index (κ2) is 3.75. The second-order valence-electron chi connectivity index (χ2n) is 2.65. The molecule has 2 aliphatic rings. The van der Waals surface area contributed by atoms with Crippen molar-refractivity contribution in [3.8, 4) is 0 Å². The van der Waals surface area contributed by atoms with E-state index in [0.29, 0.717) is 0 Å². The summed E-state index contributed by atoms with van der Waals surface area (Å²) in [4.78, 5) is 0. The molecule has 0 aromatic rings. The Bertz CT molecular complexity index is 226. The monoisotopic (exact) mass is 212 g/mol. The van der Waals surface area contributed by atoms with Crippen LogP contribution in [0.25, 0.3) is 0 Å². The molecule has 0 aromatic carbocycles. The van der Waals surface area contributed by atoms with E-state index in [1.165, 1.54) is 11.1 Å². The van der Waals surface area contributed by atoms with Crippen LogP contribution in [0.15, 0.2) is 47.6 Å². The average Bonchev–Trinajstić information content (AvgIpc) is 2.59. The van der Waals surface area contributed by atoms with E-state index in [0.717, 1.165) is 12.8 Å². The molecule has 0 nitrogen and oxygen atoms in total. The topological polar surface area (TPSA) is 0 Å². The molecule has 0 atom stereocenters. The van der Waals surface area contributed by atoms with Gasteiger partial charge < -0.3 is 0 Å². The molecule has 2 aliphatic carbocycles. The van der Waals surface area contributed by atoms with Crippen LogP contribution < -0.4 is 0 Å². The summed E-state index contributed by atoms with van der Waals surface area (Å²) in [5, 5.41) is 0. The maximum absolute atomic E-state index is 2.21. The summed E-state index contributed by atoms with van der Waals surface area (Å²) in [7, 11) is 0. The van der Waals surface area contributed by atoms with Crippen molar-refractivity contribution < 1.29 is 0 Å². The first-order chi connectivity index (χ1) is 4.97. The van der Waals surface area contributed by atoms with Crippen LogP contribution in [-0.4, -0.2) is 17.1 Å². The van der Waals surface area contributed by atoms with Crippen LogP contribution in [0.3, 0.4) is 0 Å². The van der Waals surface area contributed by atoms with Gasteiger partial charge in [0.25, 0.3) is 0 Å². The van der Waals surface area contributed by atoms with Crippen molar-refractivity contribution in [3.63, 3.8) is 0 Å². The Morgan fingerprint density at radius 3 is 1.55 bits per heavy atom. The minimum atomic E-state index is 0. The zero-order valence-electron chi connectivity index (χ0n) is 6.38. The third kappa shape index (κ3) is 1.74. The van der Waals surface area contributed by atoms with Gasteiger partial charge in [-0.3, -0.25) is 0 Å². The molecule has 0 N–H and O–H groups in total. The molecule has 0 heterocycles. The molecule has 0 saturated carbocycles. The van der Waals surface area contributed by atoms with Crippen LogP contribution in [0.5, 0.6) is 0 Å². The Morgan fingerprint density at radius 2 is 1.27 bits per heavy atom. The fourth-order valence-electron chi connectivity index (χ4n) is 1.37. The molecule has 0 spiro atoms. The fraction of sp³-hybridized carbons (Fsp3) is 0.200. The normalized spacial score (nSPS) is 19.6. The number of rotatable bonds is 1. The molecule has 0 bridgehead atoms. The van der Waals surface area contributed by atoms with E-state index in [2.05, 4.69) is 36.5 Å². The number of allylic oxidation sites excluding steroid dienone is 8. The van der Waals surface area contributed by atoms with Gasteiger partial charge in [-0.25, -0.2) is 0 Å². The summed E-state index contributed by atoms with van der Waals surface area (Å²) in [5.41, 5.74) is 2.98. The molecule has 0 fully saturated rings. The zero-order valence-corrected chi connectivity index (χ0v) is 8.48. The van der Waals surface area contributed by atoms with Gasteiger partial charge in [0.15, 0.2) is 0 Å². The van der Waals surface area contributed by atoms with Crippen molar-refractivity contribution in [2.45, 2.75) is 12.8 Å². The quantitative estimate of drug-likeness (QED) is 0.580. The van der Waals surface area contributed by atoms with Crippen LogP contribution in [0.4, 0.5) is 0 Å². The van der Waals surface area contributed by atoms with E-state index in [1.807, 2.05) is 0 Å². The Balaban J connectivity index is 0.000000605. The zero-order chi connectivity index (χ0) is 6.81. The third-order valence-corrected chi connectivity index (χ3v) is 1.95. The van der Waals surface area contributed by atoms with Gasteiger partial charge in [0.2, 0.25) is 0 Å². The van der Waals surface area contributed by atoms with E-state index in [9.17, 15) is 0 Å². The molecular formula is C10H12Se. The molecule has 0 aromatic heterocycles. The van der Waals surface area contributed by atoms with Gasteiger partial charge in [-0.05, 0) is 24.0 Å². The maximum atomic E-state index is 2.21. The van der Waals surface area contributed by atoms with Crippen LogP contribution in [0, 0.1) is 0 Å². The SMILES string of the molecule is C1=CCC(C2=CC=CC2)=C1.[SeH2]. The van der Waals surface area contributed by atoms with Crippen LogP contribution in [-0.2, 0) is 0 Å². The fourth-order valence-corrected chi connectivity index (χ4v) is 1.37. The molecule has 11 heavy (non-hydrogen) atoms. The summed E-state index contributed by atoms with van der Waals surface area (Å²) >= 11 is 0. The second-order valence-corrected chi connectivity index (χ2v) is 2.65. The van der Waals surface area contributed by atoms with Crippen LogP contribution in [0.2, 0.25) is 0 Å². The van der Waals surface area contributed by atoms with Gasteiger partial charge in [-0.1, -0.05) is 36.5 Å². The van der Waals surface area contributed by atoms with E-state index in [4.69, 9.17) is 0 Å². The van der Waals surface area contributed by atoms with Crippen molar-refractivity contribution in [1.29, 1.82) is 0 Å². The van der Waals surface area contributed by atoms with Gasteiger partial charge in [0, 0.05) is 0 Å². The average molecular weight is 211 g/mol. The van der Waals surface area contributed by atoms with Crippen molar-refractivity contribution in [2.24, 2.45) is 0 Å². The first-order valence-corrected chi connectivity index (χ1v) is 3.68. The summed E-state index contributed by atoms with van der Waals surface area (Å²) < 4.78 is 0. The third-order valence-electron chi connectivity index (χ3n) is 1.95. The molecule has 0 saturated heterocycles. The molecule has 1 heteroatoms. The summed E-state index contributed by atoms with van der Waals surface area (Å²) in [5.74, 6) is 0. The van der Waals surface area contributed by atoms with Gasteiger partial charge in [-0.15, -0.1) is 0 Å². The molecular weight excluding hydrogens is 199 g/mol. The Labute approximate surface area is 77.8 Å². The Kier molecular flexibility index (Phi) is 2.92. The molecule has 2 rings (SSSR count). The van der Waals surface area contributed by atoms with Gasteiger partial charge in [0.05, 0.1) is 0 Å². The van der Waals surface area contributed by atoms with E-state index < -0.39 is 0 Å². The van der Waals surface area contributed by atoms with Gasteiger partial charge in [0.1, 0.15) is 0 Å². The first-order valence-electron chi connectivity index (χ1n) is 3.68. The predicted molar refractivity (Wildman–Crippen MR) is 52.2 cm³/mol. The summed E-state index contributed by atoms with van der Waals surface area (Å²) in [6.07, 6.45) is 15.4. The standard InChI is InChI=1S/C10H10.H2Se/c1-2-6-9(5-1)10-7-3-4-8-10;/h1-5,7H,6,8H2;1H2. The first kappa shape index (κ1) is 8.57. The molecule has 0 aliphatic heterocycles. The Hall–Kier alpha value is -0.521. The van der Waals surface area contributed by atoms with Crippen molar-refractivity contribution in [1.82, 2.24) is 0 Å². The number of hydrogen-bond donors (Lipinski definition) is 0. The van der Waals surface area contributed by atoms with E-state index >= 15 is 0 Å². The van der Waals surface area contributed by atoms with Crippen LogP contribution in [0.1, 0.15) is 12.8 Å². The molecule has 0 radical (unpaired) electrons. The van der Waals surface area contributed by atoms with Crippen molar-refractivity contribution in [2.75, 3.05) is 0 Å². The van der Waals surface area contributed by atoms with Crippen LogP contribution >= 0.6 is 0 Å². The molecule has 0 amide bonds. The minimum absolute atomic E-state index is 0. The van der Waals surface area contributed by atoms with Crippen molar-refractivity contribution >= 4 is 17.1 Å². The van der Waals surface area contributed by atoms with E-state index in [1.54, 1.807) is 0 Å². The van der Waals surface area contributed by atoms with Gasteiger partial charge >= 0.3 is 17.1 Å². The summed E-state index contributed by atoms with van der Waals surface area (Å²) in [6, 6.07) is 0. The summed E-state index contributed by atoms with van der Waals surface area (Å²) in [6.45, 7) is 0. The molecule has 0 unspecified atom stereocenters. The number of hydrogen-bond acceptors (Lipinski definition) is 0. The van der Waals surface area contributed by atoms with E-state index in [-0.39, 0.29) is 17.1 Å². The molecule has 58 valence electrons.